The van der Waals surface area contributed by atoms with Gasteiger partial charge in [0, 0.05) is 23.9 Å². The van der Waals surface area contributed by atoms with E-state index in [1.54, 1.807) is 17.5 Å². The van der Waals surface area contributed by atoms with E-state index >= 15 is 0 Å². The van der Waals surface area contributed by atoms with Gasteiger partial charge in [0.05, 0.1) is 13.4 Å². The first-order chi connectivity index (χ1) is 16.3. The third-order valence-electron chi connectivity index (χ3n) is 5.02. The number of furan rings is 1. The Morgan fingerprint density at radius 3 is 2.85 bits per heavy atom. The highest BCUT2D eigenvalue weighted by Crippen LogP contribution is 2.41. The van der Waals surface area contributed by atoms with E-state index in [2.05, 4.69) is 15.3 Å². The fraction of sp³-hybridized carbons (Fsp3) is 0.300. The number of methoxy groups -OCH3 is 1. The molecule has 14 heteroatoms. The second-order valence-electron chi connectivity index (χ2n) is 7.00. The minimum Gasteiger partial charge on any atom is -0.464 e. The summed E-state index contributed by atoms with van der Waals surface area (Å²) in [6.07, 6.45) is 1.40. The lowest BCUT2D eigenvalue weighted by molar-refractivity contribution is -0.151. The van der Waals surface area contributed by atoms with E-state index in [4.69, 9.17) is 14.9 Å². The van der Waals surface area contributed by atoms with Gasteiger partial charge in [0.2, 0.25) is 0 Å². The summed E-state index contributed by atoms with van der Waals surface area (Å²) in [6, 6.07) is 2.30. The molecule has 2 unspecified atom stereocenters. The lowest BCUT2D eigenvalue weighted by atomic mass is 10.0. The van der Waals surface area contributed by atoms with Gasteiger partial charge in [-0.05, 0) is 17.7 Å². The number of thioether (sulfide) groups is 2. The maximum Gasteiger partial charge on any atom is 0.354 e. The van der Waals surface area contributed by atoms with Gasteiger partial charge >= 0.3 is 5.97 Å². The average Bonchev–Trinajstić information content (AvgIpc) is 3.52. The van der Waals surface area contributed by atoms with E-state index < -0.39 is 29.2 Å². The number of hydrogen-bond donors (Lipinski definition) is 2. The summed E-state index contributed by atoms with van der Waals surface area (Å²) in [4.78, 5) is 59.9. The summed E-state index contributed by atoms with van der Waals surface area (Å²) in [6.45, 7) is 0. The van der Waals surface area contributed by atoms with Crippen molar-refractivity contribution in [3.8, 4) is 0 Å². The molecule has 34 heavy (non-hydrogen) atoms. The van der Waals surface area contributed by atoms with Gasteiger partial charge in [-0.1, -0.05) is 11.8 Å². The number of aromatic nitrogens is 1. The number of rotatable bonds is 7. The van der Waals surface area contributed by atoms with Crippen LogP contribution in [0, 0.1) is 0 Å². The molecule has 2 aliphatic heterocycles. The number of β-lactam (4-membered cyclic amide) rings is 1. The fourth-order valence-corrected chi connectivity index (χ4v) is 6.26. The molecular weight excluding hydrogens is 502 g/mol. The Morgan fingerprint density at radius 2 is 2.24 bits per heavy atom. The normalized spacial score (nSPS) is 20.0. The van der Waals surface area contributed by atoms with Gasteiger partial charge in [-0.2, -0.15) is 0 Å². The first-order valence-electron chi connectivity index (χ1n) is 9.80. The number of nitrogen functional groups attached to an aromatic ring is 1. The summed E-state index contributed by atoms with van der Waals surface area (Å²) < 4.78 is 10.00. The number of esters is 1. The Balaban J connectivity index is 1.49. The van der Waals surface area contributed by atoms with E-state index in [0.717, 1.165) is 11.8 Å². The van der Waals surface area contributed by atoms with E-state index in [0.29, 0.717) is 22.2 Å². The number of amides is 2. The number of carbonyl (C=O) groups excluding carboxylic acids is 4. The predicted molar refractivity (Wildman–Crippen MR) is 129 cm³/mol. The number of nitrogens with one attached hydrogen (secondary N) is 1. The van der Waals surface area contributed by atoms with Crippen molar-refractivity contribution in [3.05, 3.63) is 46.5 Å². The van der Waals surface area contributed by atoms with Gasteiger partial charge in [-0.3, -0.25) is 24.3 Å². The van der Waals surface area contributed by atoms with E-state index in [1.165, 1.54) is 48.4 Å². The van der Waals surface area contributed by atoms with Crippen LogP contribution >= 0.6 is 34.9 Å². The molecule has 178 valence electrons. The molecule has 3 N–H and O–H groups in total. The van der Waals surface area contributed by atoms with Crippen molar-refractivity contribution in [1.82, 2.24) is 15.2 Å². The van der Waals surface area contributed by atoms with E-state index in [1.807, 2.05) is 0 Å². The summed E-state index contributed by atoms with van der Waals surface area (Å²) in [7, 11) is 2.67. The van der Waals surface area contributed by atoms with Gasteiger partial charge in [0.15, 0.2) is 10.9 Å². The topological polar surface area (TPSA) is 157 Å². The Labute approximate surface area is 206 Å². The summed E-state index contributed by atoms with van der Waals surface area (Å²) >= 11 is 3.52. The first kappa shape index (κ1) is 24.0. The maximum absolute atomic E-state index is 13.0. The molecule has 11 nitrogen and oxygen atoms in total. The summed E-state index contributed by atoms with van der Waals surface area (Å²) in [5.41, 5.74) is 6.69. The van der Waals surface area contributed by atoms with Crippen LogP contribution in [0.25, 0.3) is 0 Å². The van der Waals surface area contributed by atoms with Crippen LogP contribution in [0.1, 0.15) is 16.2 Å². The molecule has 0 bridgehead atoms. The Hall–Kier alpha value is -3.10. The SMILES string of the molecule is CN=C(C(=O)NC1C(=O)N2C(C(=O)OC)=C(CSC(=O)c3ccco3)CSC12)c1csc(N)n1. The van der Waals surface area contributed by atoms with Crippen LogP contribution in [-0.4, -0.2) is 75.6 Å². The van der Waals surface area contributed by atoms with Crippen LogP contribution < -0.4 is 11.1 Å². The van der Waals surface area contributed by atoms with Crippen LogP contribution in [0.3, 0.4) is 0 Å². The average molecular weight is 522 g/mol. The molecule has 0 saturated carbocycles. The van der Waals surface area contributed by atoms with Crippen LogP contribution in [-0.2, 0) is 19.1 Å². The molecule has 2 aliphatic rings. The highest BCUT2D eigenvalue weighted by molar-refractivity contribution is 8.14. The quantitative estimate of drug-likeness (QED) is 0.307. The number of hydrogen-bond acceptors (Lipinski definition) is 12. The highest BCUT2D eigenvalue weighted by Gasteiger charge is 2.54. The van der Waals surface area contributed by atoms with Crippen molar-refractivity contribution in [1.29, 1.82) is 0 Å². The van der Waals surface area contributed by atoms with Crippen LogP contribution in [0.4, 0.5) is 5.13 Å². The molecule has 2 amide bonds. The number of anilines is 1. The number of ether oxygens (including phenoxy) is 1. The van der Waals surface area contributed by atoms with Gasteiger partial charge in [0.25, 0.3) is 16.9 Å². The van der Waals surface area contributed by atoms with E-state index in [9.17, 15) is 19.2 Å². The minimum absolute atomic E-state index is 0.0530. The second kappa shape index (κ2) is 10.0. The summed E-state index contributed by atoms with van der Waals surface area (Å²) in [5.74, 6) is -0.953. The Morgan fingerprint density at radius 1 is 1.44 bits per heavy atom. The number of fused-ring (bicyclic) bond motifs is 1. The molecule has 4 heterocycles. The number of carbonyl (C=O) groups is 4. The molecule has 1 saturated heterocycles. The summed E-state index contributed by atoms with van der Waals surface area (Å²) in [5, 5.41) is 3.79. The Bertz CT molecular complexity index is 1210. The third kappa shape index (κ3) is 4.48. The van der Waals surface area contributed by atoms with Crippen LogP contribution in [0.15, 0.2) is 44.5 Å². The van der Waals surface area contributed by atoms with Crippen molar-refractivity contribution in [2.75, 3.05) is 31.4 Å². The van der Waals surface area contributed by atoms with Crippen LogP contribution in [0.5, 0.6) is 0 Å². The molecule has 2 aromatic heterocycles. The molecule has 0 radical (unpaired) electrons. The zero-order valence-corrected chi connectivity index (χ0v) is 20.4. The molecule has 2 aromatic rings. The predicted octanol–water partition coefficient (Wildman–Crippen LogP) is 1.14. The maximum atomic E-state index is 13.0. The van der Waals surface area contributed by atoms with Gasteiger partial charge in [0.1, 0.15) is 28.5 Å². The second-order valence-corrected chi connectivity index (χ2v) is 9.94. The molecule has 0 spiro atoms. The minimum atomic E-state index is -0.858. The molecule has 0 aliphatic carbocycles. The number of nitrogens with two attached hydrogens (primary N) is 1. The molecular formula is C20H19N5O6S3. The zero-order valence-electron chi connectivity index (χ0n) is 18.0. The van der Waals surface area contributed by atoms with Crippen molar-refractivity contribution in [3.63, 3.8) is 0 Å². The zero-order chi connectivity index (χ0) is 24.4. The van der Waals surface area contributed by atoms with Gasteiger partial charge < -0.3 is 20.2 Å². The molecule has 0 aromatic carbocycles. The highest BCUT2D eigenvalue weighted by atomic mass is 32.2. The van der Waals surface area contributed by atoms with Crippen LogP contribution in [0.2, 0.25) is 0 Å². The molecule has 4 rings (SSSR count). The largest absolute Gasteiger partial charge is 0.464 e. The smallest absolute Gasteiger partial charge is 0.354 e. The number of aliphatic imine (C=N–C) groups is 1. The third-order valence-corrected chi connectivity index (χ3v) is 7.99. The van der Waals surface area contributed by atoms with E-state index in [-0.39, 0.29) is 28.0 Å². The fourth-order valence-electron chi connectivity index (χ4n) is 3.44. The monoisotopic (exact) mass is 521 g/mol. The van der Waals surface area contributed by atoms with Crippen molar-refractivity contribution in [2.24, 2.45) is 4.99 Å². The number of thiazole rings is 1. The van der Waals surface area contributed by atoms with Crippen molar-refractivity contribution < 1.29 is 28.3 Å². The van der Waals surface area contributed by atoms with Gasteiger partial charge in [-0.25, -0.2) is 9.78 Å². The number of nitrogens with zero attached hydrogens (tertiary/aromatic N) is 3. The molecule has 1 fully saturated rings. The first-order valence-corrected chi connectivity index (χ1v) is 12.7. The Kier molecular flexibility index (Phi) is 7.09. The lowest BCUT2D eigenvalue weighted by Crippen LogP contribution is -2.71. The van der Waals surface area contributed by atoms with Gasteiger partial charge in [-0.15, -0.1) is 23.1 Å². The standard InChI is InChI=1S/C20H19N5O6S3/c1-22-12(10-8-34-20(21)23-10)15(26)24-13-16(27)25-14(18(28)30-2)9(6-32-17(13)25)7-33-19(29)11-4-3-5-31-11/h3-5,8,13,17H,6-7H2,1-2H3,(H2,21,23)(H,24,26). The van der Waals surface area contributed by atoms with Crippen molar-refractivity contribution in [2.45, 2.75) is 11.4 Å². The van der Waals surface area contributed by atoms with Crippen molar-refractivity contribution >= 4 is 68.6 Å². The molecule has 2 atom stereocenters. The lowest BCUT2D eigenvalue weighted by Gasteiger charge is -2.49.